The Balaban J connectivity index is 2.48. The molecule has 2 aromatic rings. The van der Waals surface area contributed by atoms with Crippen molar-refractivity contribution in [1.82, 2.24) is 0 Å². The molecule has 0 atom stereocenters. The van der Waals surface area contributed by atoms with Gasteiger partial charge >= 0.3 is 5.63 Å². The molecular weight excluding hydrogens is 288 g/mol. The lowest BCUT2D eigenvalue weighted by atomic mass is 10.1. The molecule has 1 aromatic carbocycles. The van der Waals surface area contributed by atoms with E-state index in [1.807, 2.05) is 0 Å². The summed E-state index contributed by atoms with van der Waals surface area (Å²) >= 11 is 0. The number of aliphatic hydroxyl groups is 1. The summed E-state index contributed by atoms with van der Waals surface area (Å²) in [6.07, 6.45) is 0.427. The molecule has 2 rings (SSSR count). The molecule has 1 N–H and O–H groups in total. The maximum atomic E-state index is 11.4. The van der Waals surface area contributed by atoms with E-state index in [9.17, 15) is 9.90 Å². The number of rotatable bonds is 6. The average Bonchev–Trinajstić information content (AvgIpc) is 2.45. The van der Waals surface area contributed by atoms with Gasteiger partial charge in [-0.05, 0) is 26.0 Å². The van der Waals surface area contributed by atoms with Crippen LogP contribution in [0.2, 0.25) is 0 Å². The minimum Gasteiger partial charge on any atom is -0.493 e. The average molecular weight is 308 g/mol. The lowest BCUT2D eigenvalue weighted by Crippen LogP contribution is -2.22. The number of methoxy groups -OCH3 is 2. The van der Waals surface area contributed by atoms with Gasteiger partial charge in [0.2, 0.25) is 11.5 Å². The third-order valence-electron chi connectivity index (χ3n) is 3.17. The van der Waals surface area contributed by atoms with Crippen LogP contribution in [0.3, 0.4) is 0 Å². The first-order valence-corrected chi connectivity index (χ1v) is 6.90. The predicted molar refractivity (Wildman–Crippen MR) is 82.0 cm³/mol. The maximum absolute atomic E-state index is 11.4. The Morgan fingerprint density at radius 3 is 2.50 bits per heavy atom. The highest BCUT2D eigenvalue weighted by atomic mass is 16.5. The number of benzene rings is 1. The molecule has 120 valence electrons. The van der Waals surface area contributed by atoms with Crippen molar-refractivity contribution in [3.05, 3.63) is 28.6 Å². The highest BCUT2D eigenvalue weighted by molar-refractivity contribution is 5.88. The Labute approximate surface area is 128 Å². The molecule has 0 amide bonds. The van der Waals surface area contributed by atoms with Gasteiger partial charge in [0.1, 0.15) is 0 Å². The lowest BCUT2D eigenvalue weighted by Gasteiger charge is -2.19. The lowest BCUT2D eigenvalue weighted by molar-refractivity contribution is 0.0545. The van der Waals surface area contributed by atoms with Gasteiger partial charge in [-0.2, -0.15) is 0 Å². The Hall–Kier alpha value is -2.21. The van der Waals surface area contributed by atoms with Gasteiger partial charge in [-0.1, -0.05) is 0 Å². The van der Waals surface area contributed by atoms with E-state index in [1.165, 1.54) is 20.3 Å². The first kappa shape index (κ1) is 16.2. The van der Waals surface area contributed by atoms with Crippen LogP contribution < -0.4 is 19.8 Å². The minimum atomic E-state index is -0.843. The normalized spacial score (nSPS) is 11.5. The summed E-state index contributed by atoms with van der Waals surface area (Å²) in [6.45, 7) is 3.66. The molecule has 0 aliphatic carbocycles. The predicted octanol–water partition coefficient (Wildman–Crippen LogP) is 2.35. The van der Waals surface area contributed by atoms with Crippen LogP contribution in [0.1, 0.15) is 20.3 Å². The van der Waals surface area contributed by atoms with Crippen LogP contribution in [0, 0.1) is 0 Å². The molecule has 0 unspecified atom stereocenters. The van der Waals surface area contributed by atoms with Crippen molar-refractivity contribution in [1.29, 1.82) is 0 Å². The number of hydrogen-bond donors (Lipinski definition) is 1. The number of hydrogen-bond acceptors (Lipinski definition) is 6. The fourth-order valence-corrected chi connectivity index (χ4v) is 2.02. The van der Waals surface area contributed by atoms with E-state index in [1.54, 1.807) is 26.0 Å². The zero-order valence-corrected chi connectivity index (χ0v) is 13.1. The van der Waals surface area contributed by atoms with Gasteiger partial charge in [-0.25, -0.2) is 4.79 Å². The van der Waals surface area contributed by atoms with E-state index in [0.717, 1.165) is 0 Å². The quantitative estimate of drug-likeness (QED) is 0.825. The third-order valence-corrected chi connectivity index (χ3v) is 3.17. The van der Waals surface area contributed by atoms with E-state index < -0.39 is 11.2 Å². The van der Waals surface area contributed by atoms with Gasteiger partial charge in [0.15, 0.2) is 11.3 Å². The van der Waals surface area contributed by atoms with Crippen molar-refractivity contribution in [3.63, 3.8) is 0 Å². The maximum Gasteiger partial charge on any atom is 0.336 e. The Kier molecular flexibility index (Phi) is 4.61. The molecule has 1 heterocycles. The Bertz CT molecular complexity index is 711. The summed E-state index contributed by atoms with van der Waals surface area (Å²) in [6, 6.07) is 4.67. The van der Waals surface area contributed by atoms with E-state index in [4.69, 9.17) is 18.6 Å². The molecule has 1 aromatic heterocycles. The summed E-state index contributed by atoms with van der Waals surface area (Å²) in [5.74, 6) is 1.10. The van der Waals surface area contributed by atoms with E-state index in [2.05, 4.69) is 0 Å². The summed E-state index contributed by atoms with van der Waals surface area (Å²) < 4.78 is 21.6. The monoisotopic (exact) mass is 308 g/mol. The molecule has 22 heavy (non-hydrogen) atoms. The Morgan fingerprint density at radius 2 is 1.91 bits per heavy atom. The summed E-state index contributed by atoms with van der Waals surface area (Å²) in [4.78, 5) is 11.4. The van der Waals surface area contributed by atoms with Crippen LogP contribution >= 0.6 is 0 Å². The highest BCUT2D eigenvalue weighted by Crippen LogP contribution is 2.43. The third kappa shape index (κ3) is 3.51. The van der Waals surface area contributed by atoms with Gasteiger partial charge in [0.05, 0.1) is 26.4 Å². The fraction of sp³-hybridized carbons (Fsp3) is 0.438. The SMILES string of the molecule is COc1cc2ccc(=O)oc2c(OC)c1OCCC(C)(C)O. The van der Waals surface area contributed by atoms with Gasteiger partial charge in [-0.3, -0.25) is 0 Å². The van der Waals surface area contributed by atoms with Gasteiger partial charge in [-0.15, -0.1) is 0 Å². The molecule has 0 saturated heterocycles. The van der Waals surface area contributed by atoms with Gasteiger partial charge in [0, 0.05) is 17.9 Å². The van der Waals surface area contributed by atoms with Crippen LogP contribution in [-0.4, -0.2) is 31.5 Å². The number of fused-ring (bicyclic) bond motifs is 1. The second-order valence-electron chi connectivity index (χ2n) is 5.52. The van der Waals surface area contributed by atoms with E-state index >= 15 is 0 Å². The molecule has 0 radical (unpaired) electrons. The van der Waals surface area contributed by atoms with Crippen molar-refractivity contribution in [3.8, 4) is 17.2 Å². The molecule has 0 fully saturated rings. The second-order valence-corrected chi connectivity index (χ2v) is 5.52. The van der Waals surface area contributed by atoms with Crippen LogP contribution in [0.25, 0.3) is 11.0 Å². The van der Waals surface area contributed by atoms with Crippen molar-refractivity contribution in [2.75, 3.05) is 20.8 Å². The zero-order chi connectivity index (χ0) is 16.3. The zero-order valence-electron chi connectivity index (χ0n) is 13.1. The molecular formula is C16H20O6. The number of ether oxygens (including phenoxy) is 3. The van der Waals surface area contributed by atoms with Crippen LogP contribution in [0.4, 0.5) is 0 Å². The standard InChI is InChI=1S/C16H20O6/c1-16(2,18)7-8-21-14-11(19-3)9-10-5-6-12(17)22-13(10)15(14)20-4/h5-6,9,18H,7-8H2,1-4H3. The second kappa shape index (κ2) is 6.27. The first-order valence-electron chi connectivity index (χ1n) is 6.90. The van der Waals surface area contributed by atoms with Gasteiger partial charge in [0.25, 0.3) is 0 Å². The van der Waals surface area contributed by atoms with Crippen LogP contribution in [0.5, 0.6) is 17.2 Å². The topological polar surface area (TPSA) is 78.1 Å². The van der Waals surface area contributed by atoms with Crippen molar-refractivity contribution in [2.45, 2.75) is 25.9 Å². The molecule has 0 bridgehead atoms. The molecule has 0 aliphatic heterocycles. The highest BCUT2D eigenvalue weighted by Gasteiger charge is 2.20. The van der Waals surface area contributed by atoms with E-state index in [0.29, 0.717) is 34.6 Å². The smallest absolute Gasteiger partial charge is 0.336 e. The van der Waals surface area contributed by atoms with Crippen molar-refractivity contribution < 1.29 is 23.7 Å². The van der Waals surface area contributed by atoms with Crippen LogP contribution in [-0.2, 0) is 0 Å². The van der Waals surface area contributed by atoms with Gasteiger partial charge < -0.3 is 23.7 Å². The summed E-state index contributed by atoms with van der Waals surface area (Å²) in [5.41, 5.74) is -1.02. The van der Waals surface area contributed by atoms with Crippen molar-refractivity contribution >= 4 is 11.0 Å². The molecule has 0 aliphatic rings. The van der Waals surface area contributed by atoms with Crippen LogP contribution in [0.15, 0.2) is 27.4 Å². The minimum absolute atomic E-state index is 0.263. The molecule has 0 spiro atoms. The van der Waals surface area contributed by atoms with Crippen molar-refractivity contribution in [2.24, 2.45) is 0 Å². The summed E-state index contributed by atoms with van der Waals surface area (Å²) in [7, 11) is 2.98. The molecule has 0 saturated carbocycles. The van der Waals surface area contributed by atoms with E-state index in [-0.39, 0.29) is 6.61 Å². The molecule has 6 heteroatoms. The summed E-state index contributed by atoms with van der Waals surface area (Å²) in [5, 5.41) is 10.4. The largest absolute Gasteiger partial charge is 0.493 e. The Morgan fingerprint density at radius 1 is 1.18 bits per heavy atom. The fourth-order valence-electron chi connectivity index (χ4n) is 2.02. The first-order chi connectivity index (χ1) is 10.4. The molecule has 6 nitrogen and oxygen atoms in total.